The largest absolute Gasteiger partial charge is 0.456 e. The highest BCUT2D eigenvalue weighted by molar-refractivity contribution is 8.01. The maximum absolute atomic E-state index is 13.0. The van der Waals surface area contributed by atoms with Gasteiger partial charge in [-0.1, -0.05) is 0 Å². The average Bonchev–Trinajstić information content (AvgIpc) is 3.07. The van der Waals surface area contributed by atoms with Crippen LogP contribution in [0.25, 0.3) is 0 Å². The SMILES string of the molecule is C[C@]12CCC(=O)N1[C@H](C(=O)OCC(=O)C13CC4CC(CC(C4)C1)C3)CS2. The summed E-state index contributed by atoms with van der Waals surface area (Å²) in [7, 11) is 0. The van der Waals surface area contributed by atoms with Crippen molar-refractivity contribution < 1.29 is 19.1 Å². The normalized spacial score (nSPS) is 45.9. The minimum Gasteiger partial charge on any atom is -0.456 e. The Morgan fingerprint density at radius 1 is 1.15 bits per heavy atom. The smallest absolute Gasteiger partial charge is 0.330 e. The lowest BCUT2D eigenvalue weighted by atomic mass is 9.48. The van der Waals surface area contributed by atoms with Crippen molar-refractivity contribution in [2.45, 2.75) is 69.2 Å². The maximum atomic E-state index is 13.0. The van der Waals surface area contributed by atoms with E-state index in [2.05, 4.69) is 0 Å². The second-order valence-corrected chi connectivity index (χ2v) is 11.0. The average molecular weight is 378 g/mol. The number of hydrogen-bond donors (Lipinski definition) is 0. The van der Waals surface area contributed by atoms with Crippen LogP contribution in [0.2, 0.25) is 0 Å². The van der Waals surface area contributed by atoms with Crippen LogP contribution in [0.3, 0.4) is 0 Å². The molecule has 26 heavy (non-hydrogen) atoms. The van der Waals surface area contributed by atoms with Crippen molar-refractivity contribution in [2.24, 2.45) is 23.2 Å². The third-order valence-electron chi connectivity index (χ3n) is 7.69. The van der Waals surface area contributed by atoms with Crippen molar-refractivity contribution in [3.05, 3.63) is 0 Å². The number of ketones is 1. The first kappa shape index (κ1) is 17.1. The molecule has 2 saturated heterocycles. The summed E-state index contributed by atoms with van der Waals surface area (Å²) in [5.41, 5.74) is -0.225. The third kappa shape index (κ3) is 2.47. The molecule has 1 amide bonds. The summed E-state index contributed by atoms with van der Waals surface area (Å²) in [5.74, 6) is 2.46. The Morgan fingerprint density at radius 3 is 2.38 bits per heavy atom. The topological polar surface area (TPSA) is 63.7 Å². The monoisotopic (exact) mass is 377 g/mol. The molecule has 2 aliphatic heterocycles. The van der Waals surface area contributed by atoms with Crippen molar-refractivity contribution >= 4 is 29.4 Å². The van der Waals surface area contributed by atoms with Crippen LogP contribution in [-0.4, -0.2) is 45.8 Å². The van der Waals surface area contributed by atoms with Crippen LogP contribution in [0.15, 0.2) is 0 Å². The van der Waals surface area contributed by atoms with Gasteiger partial charge in [0.05, 0.1) is 4.87 Å². The summed E-state index contributed by atoms with van der Waals surface area (Å²) in [6.07, 6.45) is 8.15. The number of fused-ring (bicyclic) bond motifs is 1. The van der Waals surface area contributed by atoms with Gasteiger partial charge in [0, 0.05) is 17.6 Å². The zero-order chi connectivity index (χ0) is 18.1. The molecule has 6 fully saturated rings. The van der Waals surface area contributed by atoms with Gasteiger partial charge in [-0.2, -0.15) is 0 Å². The maximum Gasteiger partial charge on any atom is 0.330 e. The summed E-state index contributed by atoms with van der Waals surface area (Å²) in [6, 6.07) is -0.524. The second-order valence-electron chi connectivity index (χ2n) is 9.49. The Bertz CT molecular complexity index is 641. The fourth-order valence-corrected chi connectivity index (χ4v) is 8.25. The second kappa shape index (κ2) is 5.73. The minimum atomic E-state index is -0.524. The van der Waals surface area contributed by atoms with Gasteiger partial charge in [0.2, 0.25) is 5.91 Å². The fourth-order valence-electron chi connectivity index (χ4n) is 6.83. The van der Waals surface area contributed by atoms with E-state index < -0.39 is 12.0 Å². The molecule has 6 heteroatoms. The number of nitrogens with zero attached hydrogens (tertiary/aromatic N) is 1. The summed E-state index contributed by atoms with van der Waals surface area (Å²) in [5, 5.41) is 0. The molecule has 6 aliphatic rings. The van der Waals surface area contributed by atoms with Crippen molar-refractivity contribution in [2.75, 3.05) is 12.4 Å². The van der Waals surface area contributed by atoms with Crippen LogP contribution < -0.4 is 0 Å². The van der Waals surface area contributed by atoms with Gasteiger partial charge >= 0.3 is 5.97 Å². The molecule has 0 spiro atoms. The summed E-state index contributed by atoms with van der Waals surface area (Å²) < 4.78 is 5.48. The van der Waals surface area contributed by atoms with Gasteiger partial charge in [-0.3, -0.25) is 9.59 Å². The molecule has 0 radical (unpaired) electrons. The van der Waals surface area contributed by atoms with Crippen molar-refractivity contribution in [3.63, 3.8) is 0 Å². The van der Waals surface area contributed by atoms with E-state index in [0.717, 1.165) is 25.7 Å². The number of amides is 1. The number of rotatable bonds is 4. The summed E-state index contributed by atoms with van der Waals surface area (Å²) in [4.78, 5) is 39.2. The van der Waals surface area contributed by atoms with Crippen molar-refractivity contribution in [1.29, 1.82) is 0 Å². The van der Waals surface area contributed by atoms with E-state index in [9.17, 15) is 14.4 Å². The van der Waals surface area contributed by atoms with E-state index in [0.29, 0.717) is 29.9 Å². The Labute approximate surface area is 158 Å². The molecule has 2 atom stereocenters. The predicted molar refractivity (Wildman–Crippen MR) is 97.3 cm³/mol. The van der Waals surface area contributed by atoms with Crippen molar-refractivity contribution in [3.8, 4) is 0 Å². The molecule has 5 nitrogen and oxygen atoms in total. The Balaban J connectivity index is 1.23. The molecule has 6 rings (SSSR count). The lowest BCUT2D eigenvalue weighted by Gasteiger charge is -2.55. The molecule has 142 valence electrons. The molecule has 0 aromatic rings. The first-order chi connectivity index (χ1) is 12.4. The number of ether oxygens (including phenoxy) is 1. The van der Waals surface area contributed by atoms with Gasteiger partial charge in [0.25, 0.3) is 0 Å². The van der Waals surface area contributed by atoms with Gasteiger partial charge in [-0.15, -0.1) is 11.8 Å². The van der Waals surface area contributed by atoms with Crippen LogP contribution in [-0.2, 0) is 19.1 Å². The van der Waals surface area contributed by atoms with Crippen molar-refractivity contribution in [1.82, 2.24) is 4.90 Å². The molecule has 0 aromatic heterocycles. The van der Waals surface area contributed by atoms with Crippen LogP contribution >= 0.6 is 11.8 Å². The van der Waals surface area contributed by atoms with Gasteiger partial charge in [0.15, 0.2) is 12.4 Å². The van der Waals surface area contributed by atoms with Crippen LogP contribution in [0.5, 0.6) is 0 Å². The summed E-state index contributed by atoms with van der Waals surface area (Å²) in [6.45, 7) is 1.92. The van der Waals surface area contributed by atoms with Crippen LogP contribution in [0, 0.1) is 23.2 Å². The van der Waals surface area contributed by atoms with Gasteiger partial charge in [-0.25, -0.2) is 4.79 Å². The molecule has 0 N–H and O–H groups in total. The zero-order valence-electron chi connectivity index (χ0n) is 15.4. The fraction of sp³-hybridized carbons (Fsp3) is 0.850. The Hall–Kier alpha value is -1.04. The van der Waals surface area contributed by atoms with E-state index in [1.54, 1.807) is 16.7 Å². The highest BCUT2D eigenvalue weighted by atomic mass is 32.2. The minimum absolute atomic E-state index is 0.0341. The molecule has 4 saturated carbocycles. The number of carbonyl (C=O) groups is 3. The summed E-state index contributed by atoms with van der Waals surface area (Å²) >= 11 is 1.66. The first-order valence-corrected chi connectivity index (χ1v) is 11.0. The van der Waals surface area contributed by atoms with Gasteiger partial charge in [0.1, 0.15) is 6.04 Å². The molecular formula is C20H27NO4S. The van der Waals surface area contributed by atoms with Crippen LogP contribution in [0.4, 0.5) is 0 Å². The number of carbonyl (C=O) groups excluding carboxylic acids is 3. The number of Topliss-reactive ketones (excluding diaryl/α,β-unsaturated/α-hetero) is 1. The molecule has 2 heterocycles. The molecule has 0 aromatic carbocycles. The number of hydrogen-bond acceptors (Lipinski definition) is 5. The zero-order valence-corrected chi connectivity index (χ0v) is 16.2. The quantitative estimate of drug-likeness (QED) is 0.705. The lowest BCUT2D eigenvalue weighted by Crippen LogP contribution is -2.51. The van der Waals surface area contributed by atoms with E-state index in [1.807, 2.05) is 6.92 Å². The Morgan fingerprint density at radius 2 is 1.77 bits per heavy atom. The van der Waals surface area contributed by atoms with Gasteiger partial charge in [-0.05, 0) is 69.6 Å². The van der Waals surface area contributed by atoms with E-state index in [1.165, 1.54) is 19.3 Å². The number of esters is 1. The van der Waals surface area contributed by atoms with E-state index >= 15 is 0 Å². The third-order valence-corrected chi connectivity index (χ3v) is 9.20. The molecular weight excluding hydrogens is 350 g/mol. The molecule has 4 aliphatic carbocycles. The lowest BCUT2D eigenvalue weighted by molar-refractivity contribution is -0.162. The first-order valence-electron chi connectivity index (χ1n) is 10.0. The number of thioether (sulfide) groups is 1. The highest BCUT2D eigenvalue weighted by Gasteiger charge is 2.56. The van der Waals surface area contributed by atoms with E-state index in [4.69, 9.17) is 4.74 Å². The van der Waals surface area contributed by atoms with Gasteiger partial charge < -0.3 is 9.64 Å². The predicted octanol–water partition coefficient (Wildman–Crippen LogP) is 2.77. The van der Waals surface area contributed by atoms with E-state index in [-0.39, 0.29) is 28.6 Å². The molecule has 4 bridgehead atoms. The Kier molecular flexibility index (Phi) is 3.76. The molecule has 0 unspecified atom stereocenters. The highest BCUT2D eigenvalue weighted by Crippen LogP contribution is 2.60. The standard InChI is InChI=1S/C20H27NO4S/c1-19-3-2-17(23)21(19)15(11-26-19)18(24)25-10-16(22)20-7-12-4-13(8-20)6-14(5-12)9-20/h12-15H,2-11H2,1H3/t12?,13?,14?,15-,19-,20?/m0/s1. The van der Waals surface area contributed by atoms with Crippen LogP contribution in [0.1, 0.15) is 58.3 Å².